The van der Waals surface area contributed by atoms with E-state index >= 15 is 0 Å². The Morgan fingerprint density at radius 3 is 3.07 bits per heavy atom. The molecule has 82 valence electrons. The first kappa shape index (κ1) is 11.7. The molecule has 1 aliphatic carbocycles. The minimum atomic E-state index is -0.0380. The summed E-state index contributed by atoms with van der Waals surface area (Å²) < 4.78 is 0. The number of hydrogen-bond acceptors (Lipinski definition) is 3. The summed E-state index contributed by atoms with van der Waals surface area (Å²) in [4.78, 5) is 11.4. The van der Waals surface area contributed by atoms with Crippen molar-refractivity contribution in [2.75, 3.05) is 13.1 Å². The normalized spacial score (nSPS) is 24.5. The molecule has 2 N–H and O–H groups in total. The van der Waals surface area contributed by atoms with Gasteiger partial charge >= 0.3 is 0 Å². The van der Waals surface area contributed by atoms with Crippen LogP contribution in [0.25, 0.3) is 0 Å². The van der Waals surface area contributed by atoms with Gasteiger partial charge in [-0.15, -0.1) is 6.58 Å². The van der Waals surface area contributed by atoms with E-state index in [4.69, 9.17) is 5.26 Å². The van der Waals surface area contributed by atoms with Crippen LogP contribution < -0.4 is 10.6 Å². The van der Waals surface area contributed by atoms with Crippen molar-refractivity contribution in [2.45, 2.75) is 25.3 Å². The molecule has 1 rings (SSSR count). The number of nitrogens with zero attached hydrogens (tertiary/aromatic N) is 1. The average Bonchev–Trinajstić information content (AvgIpc) is 2.65. The fourth-order valence-corrected chi connectivity index (χ4v) is 1.83. The van der Waals surface area contributed by atoms with Crippen LogP contribution in [0, 0.1) is 17.2 Å². The summed E-state index contributed by atoms with van der Waals surface area (Å²) >= 11 is 0. The molecule has 1 fully saturated rings. The van der Waals surface area contributed by atoms with Gasteiger partial charge in [-0.05, 0) is 19.3 Å². The van der Waals surface area contributed by atoms with E-state index in [0.29, 0.717) is 13.1 Å². The predicted molar refractivity (Wildman–Crippen MR) is 58.0 cm³/mol. The van der Waals surface area contributed by atoms with Crippen molar-refractivity contribution in [3.05, 3.63) is 12.7 Å². The van der Waals surface area contributed by atoms with Crippen molar-refractivity contribution in [1.82, 2.24) is 10.6 Å². The molecule has 1 saturated carbocycles. The van der Waals surface area contributed by atoms with Crippen LogP contribution in [0.15, 0.2) is 12.7 Å². The number of rotatable bonds is 5. The van der Waals surface area contributed by atoms with Gasteiger partial charge in [-0.2, -0.15) is 5.26 Å². The Morgan fingerprint density at radius 1 is 1.60 bits per heavy atom. The Morgan fingerprint density at radius 2 is 2.40 bits per heavy atom. The van der Waals surface area contributed by atoms with Crippen molar-refractivity contribution < 1.29 is 4.79 Å². The first-order chi connectivity index (χ1) is 7.27. The monoisotopic (exact) mass is 207 g/mol. The van der Waals surface area contributed by atoms with Crippen LogP contribution in [0.3, 0.4) is 0 Å². The highest BCUT2D eigenvalue weighted by molar-refractivity contribution is 5.78. The van der Waals surface area contributed by atoms with Gasteiger partial charge in [-0.25, -0.2) is 0 Å². The van der Waals surface area contributed by atoms with Crippen molar-refractivity contribution >= 4 is 5.91 Å². The summed E-state index contributed by atoms with van der Waals surface area (Å²) in [6.45, 7) is 4.47. The molecule has 0 bridgehead atoms. The Hall–Kier alpha value is -1.34. The molecule has 0 aromatic rings. The van der Waals surface area contributed by atoms with E-state index in [0.717, 1.165) is 19.3 Å². The molecule has 4 heteroatoms. The highest BCUT2D eigenvalue weighted by atomic mass is 16.1. The van der Waals surface area contributed by atoms with Crippen molar-refractivity contribution in [3.8, 4) is 6.07 Å². The Kier molecular flexibility index (Phi) is 4.85. The zero-order valence-corrected chi connectivity index (χ0v) is 8.83. The first-order valence-corrected chi connectivity index (χ1v) is 5.28. The van der Waals surface area contributed by atoms with Crippen molar-refractivity contribution in [3.63, 3.8) is 0 Å². The van der Waals surface area contributed by atoms with Crippen molar-refractivity contribution in [2.24, 2.45) is 5.92 Å². The second-order valence-electron chi connectivity index (χ2n) is 3.76. The maximum Gasteiger partial charge on any atom is 0.234 e. The standard InChI is InChI=1S/C11H17N3O/c1-2-6-13-8-11(15)14-10-5-3-4-9(10)7-12/h2,9-10,13H,1,3-6,8H2,(H,14,15). The highest BCUT2D eigenvalue weighted by Crippen LogP contribution is 2.24. The van der Waals surface area contributed by atoms with E-state index in [-0.39, 0.29) is 17.9 Å². The van der Waals surface area contributed by atoms with E-state index in [1.165, 1.54) is 0 Å². The van der Waals surface area contributed by atoms with Gasteiger partial charge in [0.05, 0.1) is 18.5 Å². The van der Waals surface area contributed by atoms with Gasteiger partial charge in [0, 0.05) is 12.6 Å². The van der Waals surface area contributed by atoms with Gasteiger partial charge in [0.1, 0.15) is 0 Å². The number of carbonyl (C=O) groups is 1. The van der Waals surface area contributed by atoms with Gasteiger partial charge in [-0.3, -0.25) is 4.79 Å². The number of amides is 1. The van der Waals surface area contributed by atoms with Crippen molar-refractivity contribution in [1.29, 1.82) is 5.26 Å². The zero-order valence-electron chi connectivity index (χ0n) is 8.83. The smallest absolute Gasteiger partial charge is 0.234 e. The lowest BCUT2D eigenvalue weighted by Crippen LogP contribution is -2.41. The van der Waals surface area contributed by atoms with E-state index in [2.05, 4.69) is 23.3 Å². The van der Waals surface area contributed by atoms with Crippen LogP contribution in [0.4, 0.5) is 0 Å². The molecular formula is C11H17N3O. The van der Waals surface area contributed by atoms with E-state index in [9.17, 15) is 4.79 Å². The van der Waals surface area contributed by atoms with Gasteiger partial charge in [0.25, 0.3) is 0 Å². The largest absolute Gasteiger partial charge is 0.351 e. The van der Waals surface area contributed by atoms with Crippen LogP contribution in [0.5, 0.6) is 0 Å². The van der Waals surface area contributed by atoms with Crippen LogP contribution >= 0.6 is 0 Å². The molecule has 1 amide bonds. The number of hydrogen-bond donors (Lipinski definition) is 2. The van der Waals surface area contributed by atoms with Crippen LogP contribution in [0.1, 0.15) is 19.3 Å². The van der Waals surface area contributed by atoms with Gasteiger partial charge < -0.3 is 10.6 Å². The minimum absolute atomic E-state index is 0.00615. The third-order valence-electron chi connectivity index (χ3n) is 2.60. The summed E-state index contributed by atoms with van der Waals surface area (Å²) in [6, 6.07) is 2.28. The second-order valence-corrected chi connectivity index (χ2v) is 3.76. The Bertz CT molecular complexity index is 269. The third-order valence-corrected chi connectivity index (χ3v) is 2.60. The lowest BCUT2D eigenvalue weighted by molar-refractivity contribution is -0.121. The fourth-order valence-electron chi connectivity index (χ4n) is 1.83. The van der Waals surface area contributed by atoms with Crippen LogP contribution in [-0.4, -0.2) is 25.0 Å². The number of nitrogens with one attached hydrogen (secondary N) is 2. The molecule has 2 atom stereocenters. The summed E-state index contributed by atoms with van der Waals surface area (Å²) in [5.41, 5.74) is 0. The molecule has 0 aromatic heterocycles. The van der Waals surface area contributed by atoms with Crippen LogP contribution in [0.2, 0.25) is 0 Å². The fraction of sp³-hybridized carbons (Fsp3) is 0.636. The molecule has 0 aliphatic heterocycles. The topological polar surface area (TPSA) is 64.9 Å². The van der Waals surface area contributed by atoms with Crippen LogP contribution in [-0.2, 0) is 4.79 Å². The Balaban J connectivity index is 2.25. The quantitative estimate of drug-likeness (QED) is 0.511. The zero-order chi connectivity index (χ0) is 11.1. The molecule has 0 spiro atoms. The first-order valence-electron chi connectivity index (χ1n) is 5.28. The molecule has 15 heavy (non-hydrogen) atoms. The lowest BCUT2D eigenvalue weighted by atomic mass is 10.1. The molecular weight excluding hydrogens is 190 g/mol. The third kappa shape index (κ3) is 3.72. The molecule has 0 saturated heterocycles. The molecule has 4 nitrogen and oxygen atoms in total. The maximum atomic E-state index is 11.4. The molecule has 0 heterocycles. The molecule has 2 unspecified atom stereocenters. The van der Waals surface area contributed by atoms with E-state index in [1.807, 2.05) is 0 Å². The molecule has 0 radical (unpaired) electrons. The summed E-state index contributed by atoms with van der Waals surface area (Å²) in [6.07, 6.45) is 4.57. The lowest BCUT2D eigenvalue weighted by Gasteiger charge is -2.15. The summed E-state index contributed by atoms with van der Waals surface area (Å²) in [5.74, 6) is -0.0441. The van der Waals surface area contributed by atoms with Gasteiger partial charge in [0.15, 0.2) is 0 Å². The second kappa shape index (κ2) is 6.20. The SMILES string of the molecule is C=CCNCC(=O)NC1CCCC1C#N. The van der Waals surface area contributed by atoms with E-state index in [1.54, 1.807) is 6.08 Å². The average molecular weight is 207 g/mol. The highest BCUT2D eigenvalue weighted by Gasteiger charge is 2.27. The van der Waals surface area contributed by atoms with Gasteiger partial charge in [0.2, 0.25) is 5.91 Å². The summed E-state index contributed by atoms with van der Waals surface area (Å²) in [7, 11) is 0. The number of nitriles is 1. The minimum Gasteiger partial charge on any atom is -0.351 e. The molecule has 1 aliphatic rings. The predicted octanol–water partition coefficient (Wildman–Crippen LogP) is 0.570. The maximum absolute atomic E-state index is 11.4. The van der Waals surface area contributed by atoms with Gasteiger partial charge in [-0.1, -0.05) is 6.08 Å². The Labute approximate surface area is 90.3 Å². The van der Waals surface area contributed by atoms with E-state index < -0.39 is 0 Å². The number of carbonyl (C=O) groups excluding carboxylic acids is 1. The molecule has 0 aromatic carbocycles. The summed E-state index contributed by atoms with van der Waals surface area (Å²) in [5, 5.41) is 14.6.